The number of nitrogens with zero attached hydrogens (tertiary/aromatic N) is 2. The number of hydrogen-bond acceptors (Lipinski definition) is 6. The van der Waals surface area contributed by atoms with Gasteiger partial charge in [0, 0.05) is 17.5 Å². The minimum Gasteiger partial charge on any atom is -0.484 e. The Labute approximate surface area is 176 Å². The molecule has 0 radical (unpaired) electrons. The number of carbonyl (C=O) groups is 1. The number of aromatic nitrogens is 1. The average Bonchev–Trinajstić information content (AvgIpc) is 2.67. The Hall–Kier alpha value is -3.40. The first-order chi connectivity index (χ1) is 14.2. The van der Waals surface area contributed by atoms with Gasteiger partial charge in [-0.15, -0.1) is 0 Å². The van der Waals surface area contributed by atoms with Crippen LogP contribution in [-0.4, -0.2) is 22.4 Å². The smallest absolute Gasteiger partial charge is 0.412 e. The van der Waals surface area contributed by atoms with Crippen LogP contribution in [-0.2, 0) is 11.2 Å². The first-order valence-electron chi connectivity index (χ1n) is 9.91. The molecule has 1 aliphatic carbocycles. The number of amides is 1. The Kier molecular flexibility index (Phi) is 6.06. The highest BCUT2D eigenvalue weighted by Crippen LogP contribution is 2.34. The van der Waals surface area contributed by atoms with Crippen LogP contribution in [0.3, 0.4) is 0 Å². The molecular weight excluding hydrogens is 380 g/mol. The molecule has 7 heteroatoms. The molecule has 0 saturated heterocycles. The molecule has 3 rings (SSSR count). The van der Waals surface area contributed by atoms with Crippen LogP contribution in [0.5, 0.6) is 5.75 Å². The summed E-state index contributed by atoms with van der Waals surface area (Å²) in [5.74, 6) is 0.593. The van der Waals surface area contributed by atoms with Crippen LogP contribution < -0.4 is 10.1 Å². The molecule has 0 spiro atoms. The van der Waals surface area contributed by atoms with E-state index >= 15 is 0 Å². The number of carbonyl (C=O) groups excluding carboxylic acids is 1. The van der Waals surface area contributed by atoms with E-state index in [2.05, 4.69) is 16.4 Å². The van der Waals surface area contributed by atoms with Gasteiger partial charge in [0.05, 0.1) is 16.9 Å². The van der Waals surface area contributed by atoms with Gasteiger partial charge in [-0.2, -0.15) is 5.26 Å². The van der Waals surface area contributed by atoms with Gasteiger partial charge in [0.25, 0.3) is 0 Å². The van der Waals surface area contributed by atoms with Crippen molar-refractivity contribution in [3.05, 3.63) is 52.8 Å². The largest absolute Gasteiger partial charge is 0.484 e. The van der Waals surface area contributed by atoms with E-state index in [9.17, 15) is 4.79 Å². The van der Waals surface area contributed by atoms with E-state index in [1.165, 1.54) is 0 Å². The minimum absolute atomic E-state index is 0.218. The lowest BCUT2D eigenvalue weighted by Crippen LogP contribution is -2.27. The van der Waals surface area contributed by atoms with Gasteiger partial charge < -0.3 is 14.9 Å². The number of aryl methyl sites for hydroxylation is 1. The minimum atomic E-state index is -0.611. The molecule has 0 saturated carbocycles. The van der Waals surface area contributed by atoms with Crippen molar-refractivity contribution >= 4 is 17.5 Å². The molecule has 1 unspecified atom stereocenters. The van der Waals surface area contributed by atoms with Crippen LogP contribution in [0, 0.1) is 16.7 Å². The van der Waals surface area contributed by atoms with Crippen LogP contribution in [0.4, 0.5) is 10.5 Å². The number of nitrogens with one attached hydrogen (secondary N) is 2. The molecular formula is C23H26N4O3. The molecule has 0 bridgehead atoms. The van der Waals surface area contributed by atoms with E-state index in [-0.39, 0.29) is 6.10 Å². The van der Waals surface area contributed by atoms with Gasteiger partial charge in [-0.1, -0.05) is 0 Å². The number of hydrogen-bond donors (Lipinski definition) is 2. The number of benzene rings is 1. The van der Waals surface area contributed by atoms with Crippen LogP contribution in [0.1, 0.15) is 69.0 Å². The molecule has 1 aromatic carbocycles. The molecule has 2 N–H and O–H groups in total. The van der Waals surface area contributed by atoms with Crippen molar-refractivity contribution in [2.45, 2.75) is 58.7 Å². The Morgan fingerprint density at radius 1 is 1.33 bits per heavy atom. The summed E-state index contributed by atoms with van der Waals surface area (Å²) >= 11 is 0. The number of nitriles is 1. The second kappa shape index (κ2) is 8.54. The maximum atomic E-state index is 12.1. The van der Waals surface area contributed by atoms with E-state index in [1.807, 2.05) is 6.07 Å². The van der Waals surface area contributed by atoms with Crippen molar-refractivity contribution in [2.24, 2.45) is 0 Å². The van der Waals surface area contributed by atoms with E-state index in [4.69, 9.17) is 20.1 Å². The maximum Gasteiger partial charge on any atom is 0.412 e. The van der Waals surface area contributed by atoms with Gasteiger partial charge in [0.15, 0.2) is 0 Å². The lowest BCUT2D eigenvalue weighted by molar-refractivity contribution is 0.0636. The second-order valence-electron chi connectivity index (χ2n) is 8.34. The van der Waals surface area contributed by atoms with Gasteiger partial charge in [-0.25, -0.2) is 4.79 Å². The van der Waals surface area contributed by atoms with Crippen molar-refractivity contribution in [3.63, 3.8) is 0 Å². The van der Waals surface area contributed by atoms with Crippen LogP contribution in [0.2, 0.25) is 0 Å². The summed E-state index contributed by atoms with van der Waals surface area (Å²) in [5.41, 5.74) is 3.18. The molecule has 156 valence electrons. The highest BCUT2D eigenvalue weighted by Gasteiger charge is 2.24. The summed E-state index contributed by atoms with van der Waals surface area (Å²) in [6, 6.07) is 9.21. The molecule has 0 aliphatic heterocycles. The van der Waals surface area contributed by atoms with Crippen LogP contribution in [0.25, 0.3) is 0 Å². The van der Waals surface area contributed by atoms with Crippen LogP contribution in [0.15, 0.2) is 30.5 Å². The van der Waals surface area contributed by atoms with Crippen molar-refractivity contribution < 1.29 is 14.3 Å². The molecule has 0 fully saturated rings. The number of ether oxygens (including phenoxy) is 2. The predicted molar refractivity (Wildman–Crippen MR) is 114 cm³/mol. The molecule has 30 heavy (non-hydrogen) atoms. The Morgan fingerprint density at radius 3 is 2.77 bits per heavy atom. The van der Waals surface area contributed by atoms with Crippen LogP contribution >= 0.6 is 0 Å². The van der Waals surface area contributed by atoms with Crippen molar-refractivity contribution in [1.82, 2.24) is 4.98 Å². The molecule has 1 heterocycles. The third-order valence-electron chi connectivity index (χ3n) is 4.66. The Morgan fingerprint density at radius 2 is 2.10 bits per heavy atom. The summed E-state index contributed by atoms with van der Waals surface area (Å²) in [4.78, 5) is 16.6. The monoisotopic (exact) mass is 406 g/mol. The number of fused-ring (bicyclic) bond motifs is 1. The molecule has 2 aromatic rings. The fraction of sp³-hybridized carbons (Fsp3) is 0.391. The second-order valence-corrected chi connectivity index (χ2v) is 8.34. The first kappa shape index (κ1) is 21.3. The highest BCUT2D eigenvalue weighted by molar-refractivity contribution is 6.04. The number of pyridine rings is 1. The molecule has 1 aliphatic rings. The summed E-state index contributed by atoms with van der Waals surface area (Å²) in [5, 5.41) is 19.9. The number of rotatable bonds is 4. The Balaban J connectivity index is 1.82. The van der Waals surface area contributed by atoms with E-state index in [0.717, 1.165) is 30.5 Å². The first-order valence-corrected chi connectivity index (χ1v) is 9.91. The van der Waals surface area contributed by atoms with Crippen molar-refractivity contribution in [2.75, 3.05) is 5.32 Å². The fourth-order valence-corrected chi connectivity index (χ4v) is 3.40. The van der Waals surface area contributed by atoms with Crippen molar-refractivity contribution in [3.8, 4) is 11.8 Å². The van der Waals surface area contributed by atoms with Gasteiger partial charge in [0.1, 0.15) is 23.5 Å². The van der Waals surface area contributed by atoms with Gasteiger partial charge in [0.2, 0.25) is 0 Å². The molecule has 1 aromatic heterocycles. The van der Waals surface area contributed by atoms with Crippen molar-refractivity contribution in [1.29, 1.82) is 10.7 Å². The summed E-state index contributed by atoms with van der Waals surface area (Å²) in [6.07, 6.45) is 3.43. The van der Waals surface area contributed by atoms with Gasteiger partial charge in [-0.05, 0) is 76.8 Å². The fourth-order valence-electron chi connectivity index (χ4n) is 3.40. The SMILES string of the molecule is CC(=N)c1cc(OC2CCCc3cc(C#N)cnc32)ccc1NC(=O)OC(C)(C)C. The zero-order valence-corrected chi connectivity index (χ0v) is 17.7. The topological polar surface area (TPSA) is 108 Å². The zero-order valence-electron chi connectivity index (χ0n) is 17.7. The highest BCUT2D eigenvalue weighted by atomic mass is 16.6. The average molecular weight is 406 g/mol. The summed E-state index contributed by atoms with van der Waals surface area (Å²) < 4.78 is 11.5. The summed E-state index contributed by atoms with van der Waals surface area (Å²) in [6.45, 7) is 7.03. The lowest BCUT2D eigenvalue weighted by atomic mass is 9.92. The third kappa shape index (κ3) is 5.15. The molecule has 1 amide bonds. The predicted octanol–water partition coefficient (Wildman–Crippen LogP) is 5.14. The Bertz CT molecular complexity index is 1020. The van der Waals surface area contributed by atoms with E-state index < -0.39 is 11.7 Å². The number of anilines is 1. The molecule has 1 atom stereocenters. The standard InChI is InChI=1S/C23H26N4O3/c1-14(25)18-11-17(8-9-19(18)27-22(28)30-23(2,3)4)29-20-7-5-6-16-10-15(12-24)13-26-21(16)20/h8-11,13,20,25H,5-7H2,1-4H3,(H,27,28). The lowest BCUT2D eigenvalue weighted by Gasteiger charge is -2.26. The quantitative estimate of drug-likeness (QED) is 0.683. The van der Waals surface area contributed by atoms with Gasteiger partial charge in [-0.3, -0.25) is 10.3 Å². The summed E-state index contributed by atoms with van der Waals surface area (Å²) in [7, 11) is 0. The van der Waals surface area contributed by atoms with Gasteiger partial charge >= 0.3 is 6.09 Å². The van der Waals surface area contributed by atoms with E-state index in [1.54, 1.807) is 52.1 Å². The van der Waals surface area contributed by atoms with E-state index in [0.29, 0.717) is 28.3 Å². The third-order valence-corrected chi connectivity index (χ3v) is 4.66. The molecule has 7 nitrogen and oxygen atoms in total. The normalized spacial score (nSPS) is 15.5. The zero-order chi connectivity index (χ0) is 21.9. The maximum absolute atomic E-state index is 12.1.